The number of nitrogens with two attached hydrogens (primary N) is 1. The van der Waals surface area contributed by atoms with Gasteiger partial charge in [0.15, 0.2) is 11.4 Å². The van der Waals surface area contributed by atoms with Crippen molar-refractivity contribution in [2.45, 2.75) is 196 Å². The number of aromatic amines is 1. The van der Waals surface area contributed by atoms with Crippen molar-refractivity contribution in [3.05, 3.63) is 106 Å². The molecule has 1 aliphatic heterocycles. The number of hydrogen-bond donors (Lipinski definition) is 6. The maximum Gasteiger partial charge on any atom is 0.306 e. The number of aliphatic hydroxyl groups excluding tert-OH is 2. The zero-order valence-corrected chi connectivity index (χ0v) is 51.2. The van der Waals surface area contributed by atoms with Crippen LogP contribution >= 0.6 is 0 Å². The zero-order chi connectivity index (χ0) is 60.7. The second-order valence-electron chi connectivity index (χ2n) is 24.4. The van der Waals surface area contributed by atoms with E-state index in [0.717, 1.165) is 25.2 Å². The molecule has 2 aromatic carbocycles. The summed E-state index contributed by atoms with van der Waals surface area (Å²) in [6.07, 6.45) is 10.3. The molecule has 3 unspecified atom stereocenters. The van der Waals surface area contributed by atoms with Gasteiger partial charge in [-0.3, -0.25) is 28.8 Å². The van der Waals surface area contributed by atoms with E-state index in [9.17, 15) is 39.0 Å². The monoisotopic (exact) mass is 1130 g/mol. The lowest BCUT2D eigenvalue weighted by Gasteiger charge is -2.41. The minimum atomic E-state index is -1.40. The van der Waals surface area contributed by atoms with E-state index in [1.807, 2.05) is 104 Å². The fourth-order valence-corrected chi connectivity index (χ4v) is 12.0. The highest BCUT2D eigenvalue weighted by molar-refractivity contribution is 6.35. The number of esters is 1. The highest BCUT2D eigenvalue weighted by Gasteiger charge is 2.49. The van der Waals surface area contributed by atoms with Gasteiger partial charge in [0.2, 0.25) is 11.7 Å². The maximum absolute atomic E-state index is 14.8. The van der Waals surface area contributed by atoms with Gasteiger partial charge in [0.05, 0.1) is 29.8 Å². The van der Waals surface area contributed by atoms with Crippen LogP contribution in [0.15, 0.2) is 72.8 Å². The lowest BCUT2D eigenvalue weighted by Crippen LogP contribution is -2.53. The molecule has 1 fully saturated rings. The number of nitrogens with one attached hydrogen (secondary N) is 3. The van der Waals surface area contributed by atoms with Gasteiger partial charge in [0.1, 0.15) is 23.6 Å². The van der Waals surface area contributed by atoms with Crippen LogP contribution in [0.4, 0.5) is 5.69 Å². The Morgan fingerprint density at radius 1 is 0.939 bits per heavy atom. The molecule has 3 amide bonds. The molecule has 1 aromatic heterocycles. The summed E-state index contributed by atoms with van der Waals surface area (Å²) in [7, 11) is 0. The molecule has 0 radical (unpaired) electrons. The fraction of sp³-hybridized carbons (Fsp3) is 0.576. The summed E-state index contributed by atoms with van der Waals surface area (Å²) >= 11 is 0. The number of aliphatic hydroxyl groups is 2. The third-order valence-electron chi connectivity index (χ3n) is 16.7. The normalized spacial score (nSPS) is 20.1. The summed E-state index contributed by atoms with van der Waals surface area (Å²) in [5.41, 5.74) is 5.89. The van der Waals surface area contributed by atoms with Crippen molar-refractivity contribution in [3.63, 3.8) is 0 Å². The number of aryl methyl sites for hydroxylation is 2. The number of benzene rings is 2. The number of anilines is 1. The molecule has 2 aliphatic rings. The van der Waals surface area contributed by atoms with Crippen LogP contribution in [0.3, 0.4) is 0 Å². The van der Waals surface area contributed by atoms with Gasteiger partial charge in [0.25, 0.3) is 11.8 Å². The van der Waals surface area contributed by atoms with Crippen molar-refractivity contribution < 1.29 is 53.2 Å². The zero-order valence-electron chi connectivity index (χ0n) is 51.2. The molecule has 1 aliphatic carbocycles. The average molecular weight is 1130 g/mol. The Bertz CT molecular complexity index is 2790. The Kier molecular flexibility index (Phi) is 23.8. The molecular weight excluding hydrogens is 1040 g/mol. The van der Waals surface area contributed by atoms with Crippen molar-refractivity contribution in [2.24, 2.45) is 28.4 Å². The van der Waals surface area contributed by atoms with Crippen LogP contribution in [0, 0.1) is 36.5 Å². The van der Waals surface area contributed by atoms with E-state index in [-0.39, 0.29) is 79.6 Å². The first-order valence-corrected chi connectivity index (χ1v) is 29.7. The van der Waals surface area contributed by atoms with E-state index >= 15 is 0 Å². The number of ketones is 2. The second kappa shape index (κ2) is 29.4. The van der Waals surface area contributed by atoms with Gasteiger partial charge in [-0.25, -0.2) is 0 Å². The molecule has 2 heterocycles. The Morgan fingerprint density at radius 2 is 1.62 bits per heavy atom. The third-order valence-corrected chi connectivity index (χ3v) is 16.7. The molecule has 16 nitrogen and oxygen atoms in total. The summed E-state index contributed by atoms with van der Waals surface area (Å²) < 4.78 is 19.3. The molecule has 0 bridgehead atoms. The SMILES string of the molecule is CCN(CC)CCNC(=O)c1c(C)[nH]c(/C=C2\C(=O)Nc3ccc(OC(C)(CC)C(=O)C(C)OC(C)(CC)C(=O)C(C)(C)CC(C)(C)CC(=O)O[C@@H]4C[C@H](O)[C@H](C/C=C\CCCC(N)=O)[C@H]4/C=C/[C@H](O)CCc4ccccc4)cc32)c1C. The predicted molar refractivity (Wildman–Crippen MR) is 323 cm³/mol. The summed E-state index contributed by atoms with van der Waals surface area (Å²) in [4.78, 5) is 86.9. The number of carbonyl (C=O) groups excluding carboxylic acids is 6. The topological polar surface area (TPSA) is 240 Å². The van der Waals surface area contributed by atoms with Gasteiger partial charge in [-0.05, 0) is 146 Å². The maximum atomic E-state index is 14.8. The van der Waals surface area contributed by atoms with E-state index in [2.05, 4.69) is 34.4 Å². The number of primary amides is 1. The molecular formula is C66H95N5O11. The summed E-state index contributed by atoms with van der Waals surface area (Å²) in [6.45, 7) is 27.0. The van der Waals surface area contributed by atoms with Crippen LogP contribution in [-0.2, 0) is 39.9 Å². The quantitative estimate of drug-likeness (QED) is 0.0145. The fourth-order valence-electron chi connectivity index (χ4n) is 12.0. The van der Waals surface area contributed by atoms with Crippen LogP contribution in [0.25, 0.3) is 11.6 Å². The van der Waals surface area contributed by atoms with Crippen molar-refractivity contribution >= 4 is 52.6 Å². The van der Waals surface area contributed by atoms with E-state index in [0.29, 0.717) is 83.7 Å². The standard InChI is InChI=1S/C66H95N5O11/c1-14-65(12,82-47-32-34-52-50(37-47)51(60(77)70-52)38-53-42(5)58(43(6)69-53)61(78)68-35-36-71(16-3)17-4)59(76)44(7)81-66(13,15-2)62(79)64(10,11)41-63(8,9)40-57(75)80-55-39-54(73)48(27-23-18-19-24-28-56(67)74)49(55)33-31-46(72)30-29-45-25-21-20-22-26-45/h18,20-23,25-26,31-34,37-38,44,46,48-49,54-55,69,72-73H,14-17,19,24,27-30,35-36,39-41H2,1-13H3,(H2,67,74)(H,68,78)(H,70,77)/b23-18-,33-31+,51-38-/t44?,46-,48-,49-,54+,55-,65?,66?/m1/s1. The average Bonchev–Trinajstić information content (AvgIpc) is 3.86. The van der Waals surface area contributed by atoms with Crippen LogP contribution in [0.1, 0.15) is 179 Å². The van der Waals surface area contributed by atoms with Crippen molar-refractivity contribution in [2.75, 3.05) is 31.5 Å². The highest BCUT2D eigenvalue weighted by atomic mass is 16.5. The van der Waals surface area contributed by atoms with Crippen molar-refractivity contribution in [1.29, 1.82) is 0 Å². The van der Waals surface area contributed by atoms with Crippen molar-refractivity contribution in [3.8, 4) is 5.75 Å². The minimum Gasteiger partial charge on any atom is -0.480 e. The van der Waals surface area contributed by atoms with Gasteiger partial charge in [-0.1, -0.05) is 110 Å². The van der Waals surface area contributed by atoms with Gasteiger partial charge in [-0.2, -0.15) is 0 Å². The molecule has 8 atom stereocenters. The second-order valence-corrected chi connectivity index (χ2v) is 24.4. The number of nitrogens with zero attached hydrogens (tertiary/aromatic N) is 1. The molecule has 3 aromatic rings. The lowest BCUT2D eigenvalue weighted by molar-refractivity contribution is -0.171. The number of allylic oxidation sites excluding steroid dienone is 2. The van der Waals surface area contributed by atoms with Crippen LogP contribution in [0.2, 0.25) is 0 Å². The number of carbonyl (C=O) groups is 6. The van der Waals surface area contributed by atoms with Gasteiger partial charge in [-0.15, -0.1) is 0 Å². The third kappa shape index (κ3) is 17.7. The first-order chi connectivity index (χ1) is 38.6. The number of hydrogen-bond acceptors (Lipinski definition) is 12. The molecule has 82 heavy (non-hydrogen) atoms. The smallest absolute Gasteiger partial charge is 0.306 e. The van der Waals surface area contributed by atoms with Crippen molar-refractivity contribution in [1.82, 2.24) is 15.2 Å². The number of aromatic nitrogens is 1. The van der Waals surface area contributed by atoms with Crippen LogP contribution < -0.4 is 21.1 Å². The molecule has 16 heteroatoms. The highest BCUT2D eigenvalue weighted by Crippen LogP contribution is 2.44. The first kappa shape index (κ1) is 66.6. The molecule has 5 rings (SSSR count). The number of rotatable bonds is 33. The Morgan fingerprint density at radius 3 is 2.27 bits per heavy atom. The number of likely N-dealkylation sites (N-methyl/N-ethyl adjacent to an activating group) is 1. The Balaban J connectivity index is 1.24. The van der Waals surface area contributed by atoms with Gasteiger partial charge >= 0.3 is 5.97 Å². The molecule has 450 valence electrons. The Labute approximate surface area is 487 Å². The minimum absolute atomic E-state index is 0.0194. The first-order valence-electron chi connectivity index (χ1n) is 29.7. The molecule has 7 N–H and O–H groups in total. The number of amides is 3. The number of Topliss-reactive ketones (excluding diaryl/α,β-unsaturated/α-hetero) is 2. The summed E-state index contributed by atoms with van der Waals surface area (Å²) in [5, 5.41) is 28.3. The van der Waals surface area contributed by atoms with E-state index in [4.69, 9.17) is 19.9 Å². The van der Waals surface area contributed by atoms with Gasteiger partial charge in [0, 0.05) is 59.9 Å². The number of H-pyrrole nitrogens is 1. The summed E-state index contributed by atoms with van der Waals surface area (Å²) in [6, 6.07) is 15.0. The predicted octanol–water partition coefficient (Wildman–Crippen LogP) is 10.3. The number of fused-ring (bicyclic) bond motifs is 1. The Hall–Kier alpha value is -6.20. The number of unbranched alkanes of at least 4 members (excludes halogenated alkanes) is 1. The largest absolute Gasteiger partial charge is 0.480 e. The summed E-state index contributed by atoms with van der Waals surface area (Å²) in [5.74, 6) is -2.26. The van der Waals surface area contributed by atoms with Crippen LogP contribution in [-0.4, -0.2) is 117 Å². The van der Waals surface area contributed by atoms with E-state index in [1.165, 1.54) is 0 Å². The molecule has 1 saturated carbocycles. The molecule has 0 saturated heterocycles. The van der Waals surface area contributed by atoms with E-state index < -0.39 is 52.4 Å². The molecule has 0 spiro atoms. The van der Waals surface area contributed by atoms with Gasteiger partial charge < -0.3 is 50.7 Å². The number of ether oxygens (including phenoxy) is 3. The van der Waals surface area contributed by atoms with E-state index in [1.54, 1.807) is 51.1 Å². The lowest BCUT2D eigenvalue weighted by atomic mass is 9.67. The van der Waals surface area contributed by atoms with Crippen LogP contribution in [0.5, 0.6) is 5.75 Å².